The van der Waals surface area contributed by atoms with Crippen LogP contribution >= 0.6 is 23.2 Å². The molecule has 3 nitrogen and oxygen atoms in total. The van der Waals surface area contributed by atoms with E-state index in [1.165, 1.54) is 45.2 Å². The number of likely N-dealkylation sites (N-methyl/N-ethyl adjacent to an activating group) is 1. The first kappa shape index (κ1) is 19.0. The summed E-state index contributed by atoms with van der Waals surface area (Å²) in [6.45, 7) is 5.26. The Bertz CT molecular complexity index is 601. The molecule has 0 aromatic heterocycles. The van der Waals surface area contributed by atoms with Gasteiger partial charge >= 0.3 is 0 Å². The van der Waals surface area contributed by atoms with Crippen LogP contribution in [0.4, 0.5) is 0 Å². The van der Waals surface area contributed by atoms with Crippen molar-refractivity contribution in [3.8, 4) is 0 Å². The SMILES string of the molecule is CCN(C(=O)Cc1ccc(Cl)c(Cl)c1)C1CCCCC1N1CCCC1. The Hall–Kier alpha value is -0.770. The van der Waals surface area contributed by atoms with Crippen molar-refractivity contribution in [2.45, 2.75) is 64.0 Å². The Kier molecular flexibility index (Phi) is 6.65. The highest BCUT2D eigenvalue weighted by Gasteiger charge is 2.36. The van der Waals surface area contributed by atoms with E-state index in [2.05, 4.69) is 16.7 Å². The van der Waals surface area contributed by atoms with Gasteiger partial charge in [-0.3, -0.25) is 9.69 Å². The van der Waals surface area contributed by atoms with Crippen molar-refractivity contribution in [3.63, 3.8) is 0 Å². The molecule has 0 N–H and O–H groups in total. The first-order valence-electron chi connectivity index (χ1n) is 9.57. The van der Waals surface area contributed by atoms with Gasteiger partial charge in [-0.05, 0) is 63.4 Å². The van der Waals surface area contributed by atoms with Crippen LogP contribution in [-0.4, -0.2) is 47.4 Å². The van der Waals surface area contributed by atoms with Gasteiger partial charge in [-0.2, -0.15) is 0 Å². The van der Waals surface area contributed by atoms with Crippen molar-refractivity contribution < 1.29 is 4.79 Å². The Morgan fingerprint density at radius 3 is 2.52 bits per heavy atom. The van der Waals surface area contributed by atoms with E-state index in [0.717, 1.165) is 18.5 Å². The molecule has 1 saturated carbocycles. The number of halogens is 2. The molecule has 25 heavy (non-hydrogen) atoms. The van der Waals surface area contributed by atoms with E-state index in [-0.39, 0.29) is 5.91 Å². The lowest BCUT2D eigenvalue weighted by Gasteiger charge is -2.43. The van der Waals surface area contributed by atoms with E-state index in [1.54, 1.807) is 6.07 Å². The van der Waals surface area contributed by atoms with Crippen LogP contribution in [0.1, 0.15) is 51.0 Å². The third kappa shape index (κ3) is 4.50. The van der Waals surface area contributed by atoms with Crippen molar-refractivity contribution in [1.82, 2.24) is 9.80 Å². The summed E-state index contributed by atoms with van der Waals surface area (Å²) in [5, 5.41) is 1.05. The Morgan fingerprint density at radius 1 is 1.12 bits per heavy atom. The summed E-state index contributed by atoms with van der Waals surface area (Å²) in [5.74, 6) is 0.206. The molecule has 0 bridgehead atoms. The Balaban J connectivity index is 1.72. The summed E-state index contributed by atoms with van der Waals surface area (Å²) in [6, 6.07) is 6.38. The largest absolute Gasteiger partial charge is 0.338 e. The molecule has 1 aliphatic heterocycles. The summed E-state index contributed by atoms with van der Waals surface area (Å²) in [6.07, 6.45) is 7.86. The molecule has 1 saturated heterocycles. The van der Waals surface area contributed by atoms with Gasteiger partial charge in [0, 0.05) is 18.6 Å². The lowest BCUT2D eigenvalue weighted by Crippen LogP contribution is -2.54. The molecule has 2 fully saturated rings. The first-order chi connectivity index (χ1) is 12.1. The number of carbonyl (C=O) groups is 1. The van der Waals surface area contributed by atoms with Crippen molar-refractivity contribution in [1.29, 1.82) is 0 Å². The average molecular weight is 383 g/mol. The third-order valence-electron chi connectivity index (χ3n) is 5.70. The van der Waals surface area contributed by atoms with Crippen LogP contribution in [0.2, 0.25) is 10.0 Å². The average Bonchev–Trinajstić information content (AvgIpc) is 3.14. The summed E-state index contributed by atoms with van der Waals surface area (Å²) in [4.78, 5) is 17.8. The van der Waals surface area contributed by atoms with Gasteiger partial charge in [0.25, 0.3) is 0 Å². The molecule has 1 amide bonds. The number of rotatable bonds is 5. The molecule has 1 heterocycles. The summed E-state index contributed by atoms with van der Waals surface area (Å²) in [7, 11) is 0. The number of benzene rings is 1. The van der Waals surface area contributed by atoms with Crippen LogP contribution in [-0.2, 0) is 11.2 Å². The second-order valence-corrected chi connectivity index (χ2v) is 8.08. The fourth-order valence-corrected chi connectivity index (χ4v) is 4.80. The second-order valence-electron chi connectivity index (χ2n) is 7.27. The maximum atomic E-state index is 13.0. The van der Waals surface area contributed by atoms with Gasteiger partial charge in [0.05, 0.1) is 16.5 Å². The monoisotopic (exact) mass is 382 g/mol. The van der Waals surface area contributed by atoms with Crippen LogP contribution < -0.4 is 0 Å². The van der Waals surface area contributed by atoms with E-state index in [4.69, 9.17) is 23.2 Å². The normalized spacial score (nSPS) is 24.4. The van der Waals surface area contributed by atoms with Gasteiger partial charge in [0.1, 0.15) is 0 Å². The summed E-state index contributed by atoms with van der Waals surface area (Å²) >= 11 is 12.1. The lowest BCUT2D eigenvalue weighted by atomic mass is 9.87. The summed E-state index contributed by atoms with van der Waals surface area (Å²) < 4.78 is 0. The molecule has 5 heteroatoms. The number of likely N-dealkylation sites (tertiary alicyclic amines) is 1. The highest BCUT2D eigenvalue weighted by molar-refractivity contribution is 6.42. The quantitative estimate of drug-likeness (QED) is 0.730. The molecule has 0 spiro atoms. The van der Waals surface area contributed by atoms with Gasteiger partial charge in [-0.25, -0.2) is 0 Å². The van der Waals surface area contributed by atoms with Crippen LogP contribution in [0.25, 0.3) is 0 Å². The predicted octanol–water partition coefficient (Wildman–Crippen LogP) is 4.79. The molecule has 0 radical (unpaired) electrons. The number of carbonyl (C=O) groups excluding carboxylic acids is 1. The first-order valence-corrected chi connectivity index (χ1v) is 10.3. The second kappa shape index (κ2) is 8.75. The van der Waals surface area contributed by atoms with Crippen molar-refractivity contribution in [2.24, 2.45) is 0 Å². The van der Waals surface area contributed by atoms with Crippen LogP contribution in [0, 0.1) is 0 Å². The fourth-order valence-electron chi connectivity index (χ4n) is 4.48. The third-order valence-corrected chi connectivity index (χ3v) is 6.44. The molecule has 138 valence electrons. The van der Waals surface area contributed by atoms with Gasteiger partial charge < -0.3 is 4.90 Å². The maximum absolute atomic E-state index is 13.0. The smallest absolute Gasteiger partial charge is 0.227 e. The van der Waals surface area contributed by atoms with Crippen LogP contribution in [0.5, 0.6) is 0 Å². The molecule has 1 aliphatic carbocycles. The highest BCUT2D eigenvalue weighted by Crippen LogP contribution is 2.30. The molecule has 1 aromatic rings. The zero-order valence-corrected chi connectivity index (χ0v) is 16.5. The van der Waals surface area contributed by atoms with Crippen molar-refractivity contribution in [3.05, 3.63) is 33.8 Å². The van der Waals surface area contributed by atoms with E-state index in [9.17, 15) is 4.79 Å². The topological polar surface area (TPSA) is 23.6 Å². The Labute approximate surface area is 161 Å². The van der Waals surface area contributed by atoms with Gasteiger partial charge in [0.15, 0.2) is 0 Å². The molecule has 3 rings (SSSR count). The number of amides is 1. The van der Waals surface area contributed by atoms with E-state index >= 15 is 0 Å². The standard InChI is InChI=1S/C20H28Cl2N2O/c1-2-24(20(25)14-15-9-10-16(21)17(22)13-15)19-8-4-3-7-18(19)23-11-5-6-12-23/h9-10,13,18-19H,2-8,11-12,14H2,1H3. The van der Waals surface area contributed by atoms with Crippen LogP contribution in [0.3, 0.4) is 0 Å². The molecule has 2 aliphatic rings. The van der Waals surface area contributed by atoms with Crippen LogP contribution in [0.15, 0.2) is 18.2 Å². The predicted molar refractivity (Wildman–Crippen MR) is 104 cm³/mol. The van der Waals surface area contributed by atoms with Crippen molar-refractivity contribution >= 4 is 29.1 Å². The highest BCUT2D eigenvalue weighted by atomic mass is 35.5. The van der Waals surface area contributed by atoms with Gasteiger partial charge in [0.2, 0.25) is 5.91 Å². The fraction of sp³-hybridized carbons (Fsp3) is 0.650. The maximum Gasteiger partial charge on any atom is 0.227 e. The zero-order chi connectivity index (χ0) is 17.8. The lowest BCUT2D eigenvalue weighted by molar-refractivity contribution is -0.134. The summed E-state index contributed by atoms with van der Waals surface area (Å²) in [5.41, 5.74) is 0.936. The minimum atomic E-state index is 0.206. The molecular weight excluding hydrogens is 355 g/mol. The van der Waals surface area contributed by atoms with E-state index in [0.29, 0.717) is 28.5 Å². The molecule has 1 aromatic carbocycles. The van der Waals surface area contributed by atoms with E-state index < -0.39 is 0 Å². The zero-order valence-electron chi connectivity index (χ0n) is 15.0. The molecule has 2 atom stereocenters. The minimum absolute atomic E-state index is 0.206. The van der Waals surface area contributed by atoms with Gasteiger partial charge in [-0.1, -0.05) is 42.1 Å². The van der Waals surface area contributed by atoms with E-state index in [1.807, 2.05) is 12.1 Å². The van der Waals surface area contributed by atoms with Crippen molar-refractivity contribution in [2.75, 3.05) is 19.6 Å². The van der Waals surface area contributed by atoms with Gasteiger partial charge in [-0.15, -0.1) is 0 Å². The number of hydrogen-bond acceptors (Lipinski definition) is 2. The number of nitrogens with zero attached hydrogens (tertiary/aromatic N) is 2. The Morgan fingerprint density at radius 2 is 1.84 bits per heavy atom. The number of hydrogen-bond donors (Lipinski definition) is 0. The molecule has 2 unspecified atom stereocenters. The minimum Gasteiger partial charge on any atom is -0.338 e. The molecular formula is C20H28Cl2N2O.